The zero-order valence-corrected chi connectivity index (χ0v) is 12.5. The van der Waals surface area contributed by atoms with Gasteiger partial charge in [-0.3, -0.25) is 4.79 Å². The standard InChI is InChI=1S/C14H19N5O2/c1-17(2)14-15-12(21-16-14)10-6-5-9-19(10)13(20)11-7-4-8-18(11)3/h4,7-8,10H,5-6,9H2,1-3H3. The first-order valence-electron chi connectivity index (χ1n) is 7.01. The Kier molecular flexibility index (Phi) is 3.40. The molecule has 1 atom stereocenters. The Morgan fingerprint density at radius 1 is 1.48 bits per heavy atom. The first kappa shape index (κ1) is 13.7. The Hall–Kier alpha value is -2.31. The van der Waals surface area contributed by atoms with Crippen molar-refractivity contribution >= 4 is 11.9 Å². The Morgan fingerprint density at radius 3 is 2.90 bits per heavy atom. The average Bonchev–Trinajstić information content (AvgIpc) is 3.17. The molecular weight excluding hydrogens is 270 g/mol. The minimum absolute atomic E-state index is 0.00889. The second-order valence-electron chi connectivity index (χ2n) is 5.49. The average molecular weight is 289 g/mol. The number of hydrogen-bond donors (Lipinski definition) is 0. The third-order valence-corrected chi connectivity index (χ3v) is 3.79. The van der Waals surface area contributed by atoms with E-state index in [2.05, 4.69) is 10.1 Å². The number of hydrogen-bond acceptors (Lipinski definition) is 5. The van der Waals surface area contributed by atoms with E-state index >= 15 is 0 Å². The Balaban J connectivity index is 1.85. The highest BCUT2D eigenvalue weighted by atomic mass is 16.5. The van der Waals surface area contributed by atoms with Gasteiger partial charge in [0.05, 0.1) is 0 Å². The van der Waals surface area contributed by atoms with Crippen LogP contribution in [0.1, 0.15) is 35.3 Å². The largest absolute Gasteiger partial charge is 0.347 e. The first-order chi connectivity index (χ1) is 10.1. The molecule has 0 saturated carbocycles. The van der Waals surface area contributed by atoms with Crippen LogP contribution in [0.3, 0.4) is 0 Å². The summed E-state index contributed by atoms with van der Waals surface area (Å²) in [6.45, 7) is 0.717. The predicted octanol–water partition coefficient (Wildman–Crippen LogP) is 1.45. The molecule has 7 nitrogen and oxygen atoms in total. The molecule has 1 aliphatic heterocycles. The van der Waals surface area contributed by atoms with E-state index in [1.165, 1.54) is 0 Å². The summed E-state index contributed by atoms with van der Waals surface area (Å²) in [6, 6.07) is 3.57. The Morgan fingerprint density at radius 2 is 2.29 bits per heavy atom. The van der Waals surface area contributed by atoms with Crippen molar-refractivity contribution in [2.75, 3.05) is 25.5 Å². The van der Waals surface area contributed by atoms with E-state index in [4.69, 9.17) is 4.52 Å². The number of likely N-dealkylation sites (tertiary alicyclic amines) is 1. The van der Waals surface area contributed by atoms with Crippen molar-refractivity contribution in [2.24, 2.45) is 7.05 Å². The highest BCUT2D eigenvalue weighted by Crippen LogP contribution is 2.32. The van der Waals surface area contributed by atoms with E-state index in [0.717, 1.165) is 12.8 Å². The van der Waals surface area contributed by atoms with Crippen LogP contribution in [0.25, 0.3) is 0 Å². The minimum atomic E-state index is -0.131. The number of anilines is 1. The lowest BCUT2D eigenvalue weighted by Gasteiger charge is -2.22. The Labute approximate surface area is 123 Å². The van der Waals surface area contributed by atoms with Crippen LogP contribution in [0.4, 0.5) is 5.95 Å². The van der Waals surface area contributed by atoms with E-state index < -0.39 is 0 Å². The van der Waals surface area contributed by atoms with Crippen LogP contribution in [-0.4, -0.2) is 46.2 Å². The summed E-state index contributed by atoms with van der Waals surface area (Å²) in [5.74, 6) is 1.05. The number of rotatable bonds is 3. The molecule has 3 rings (SSSR count). The third kappa shape index (κ3) is 2.39. The van der Waals surface area contributed by atoms with Gasteiger partial charge in [0.2, 0.25) is 0 Å². The monoisotopic (exact) mass is 289 g/mol. The van der Waals surface area contributed by atoms with Crippen LogP contribution < -0.4 is 4.90 Å². The van der Waals surface area contributed by atoms with Crippen molar-refractivity contribution in [1.29, 1.82) is 0 Å². The van der Waals surface area contributed by atoms with Crippen LogP contribution in [0, 0.1) is 0 Å². The maximum atomic E-state index is 12.7. The van der Waals surface area contributed by atoms with E-state index in [9.17, 15) is 4.79 Å². The van der Waals surface area contributed by atoms with Gasteiger partial charge in [-0.2, -0.15) is 4.98 Å². The fourth-order valence-electron chi connectivity index (χ4n) is 2.64. The van der Waals surface area contributed by atoms with Gasteiger partial charge in [0.25, 0.3) is 17.7 Å². The zero-order valence-electron chi connectivity index (χ0n) is 12.5. The third-order valence-electron chi connectivity index (χ3n) is 3.79. The molecule has 1 fully saturated rings. The second-order valence-corrected chi connectivity index (χ2v) is 5.49. The number of carbonyl (C=O) groups excluding carboxylic acids is 1. The van der Waals surface area contributed by atoms with E-state index in [0.29, 0.717) is 24.1 Å². The summed E-state index contributed by atoms with van der Waals surface area (Å²) >= 11 is 0. The van der Waals surface area contributed by atoms with Gasteiger partial charge in [-0.05, 0) is 30.1 Å². The summed E-state index contributed by atoms with van der Waals surface area (Å²) in [7, 11) is 5.58. The number of aromatic nitrogens is 3. The minimum Gasteiger partial charge on any atom is -0.347 e. The molecule has 7 heteroatoms. The van der Waals surface area contributed by atoms with Crippen molar-refractivity contribution in [2.45, 2.75) is 18.9 Å². The maximum absolute atomic E-state index is 12.7. The molecule has 2 aromatic rings. The lowest BCUT2D eigenvalue weighted by molar-refractivity contribution is 0.0700. The smallest absolute Gasteiger partial charge is 0.271 e. The van der Waals surface area contributed by atoms with Crippen LogP contribution in [0.15, 0.2) is 22.9 Å². The van der Waals surface area contributed by atoms with Crippen LogP contribution in [-0.2, 0) is 7.05 Å². The van der Waals surface area contributed by atoms with Crippen LogP contribution >= 0.6 is 0 Å². The van der Waals surface area contributed by atoms with Gasteiger partial charge in [0.1, 0.15) is 11.7 Å². The van der Waals surface area contributed by atoms with Gasteiger partial charge in [-0.25, -0.2) is 0 Å². The second kappa shape index (κ2) is 5.23. The number of amides is 1. The number of nitrogens with zero attached hydrogens (tertiary/aromatic N) is 5. The quantitative estimate of drug-likeness (QED) is 0.855. The number of carbonyl (C=O) groups is 1. The summed E-state index contributed by atoms with van der Waals surface area (Å²) in [5, 5.41) is 3.93. The lowest BCUT2D eigenvalue weighted by atomic mass is 10.2. The van der Waals surface area contributed by atoms with E-state index in [1.54, 1.807) is 4.90 Å². The fourth-order valence-corrected chi connectivity index (χ4v) is 2.64. The van der Waals surface area contributed by atoms with Gasteiger partial charge in [0.15, 0.2) is 0 Å². The highest BCUT2D eigenvalue weighted by Gasteiger charge is 2.35. The molecule has 0 bridgehead atoms. The molecule has 3 heterocycles. The predicted molar refractivity (Wildman–Crippen MR) is 77.0 cm³/mol. The summed E-state index contributed by atoms with van der Waals surface area (Å²) in [4.78, 5) is 20.6. The molecule has 0 radical (unpaired) electrons. The first-order valence-corrected chi connectivity index (χ1v) is 7.01. The van der Waals surface area contributed by atoms with Crippen LogP contribution in [0.2, 0.25) is 0 Å². The van der Waals surface area contributed by atoms with Crippen molar-refractivity contribution in [1.82, 2.24) is 19.6 Å². The number of aryl methyl sites for hydroxylation is 1. The Bertz CT molecular complexity index is 645. The van der Waals surface area contributed by atoms with Gasteiger partial charge in [-0.1, -0.05) is 0 Å². The van der Waals surface area contributed by atoms with Crippen LogP contribution in [0.5, 0.6) is 0 Å². The van der Waals surface area contributed by atoms with Gasteiger partial charge in [-0.15, -0.1) is 0 Å². The van der Waals surface area contributed by atoms with Gasteiger partial charge < -0.3 is 18.9 Å². The van der Waals surface area contributed by atoms with E-state index in [1.807, 2.05) is 48.9 Å². The molecule has 2 aromatic heterocycles. The van der Waals surface area contributed by atoms with Crippen molar-refractivity contribution in [3.8, 4) is 0 Å². The highest BCUT2D eigenvalue weighted by molar-refractivity contribution is 5.93. The summed E-state index contributed by atoms with van der Waals surface area (Å²) in [6.07, 6.45) is 3.67. The molecule has 1 saturated heterocycles. The molecule has 0 N–H and O–H groups in total. The van der Waals surface area contributed by atoms with Crippen molar-refractivity contribution in [3.05, 3.63) is 29.9 Å². The van der Waals surface area contributed by atoms with Crippen molar-refractivity contribution < 1.29 is 9.32 Å². The topological polar surface area (TPSA) is 67.4 Å². The summed E-state index contributed by atoms with van der Waals surface area (Å²) in [5.41, 5.74) is 0.675. The van der Waals surface area contributed by atoms with Gasteiger partial charge in [0, 0.05) is 33.9 Å². The molecule has 0 spiro atoms. The lowest BCUT2D eigenvalue weighted by Crippen LogP contribution is -2.32. The molecular formula is C14H19N5O2. The summed E-state index contributed by atoms with van der Waals surface area (Å²) < 4.78 is 7.16. The molecule has 0 aliphatic carbocycles. The molecule has 1 aliphatic rings. The zero-order chi connectivity index (χ0) is 15.0. The van der Waals surface area contributed by atoms with Crippen molar-refractivity contribution in [3.63, 3.8) is 0 Å². The normalized spacial score (nSPS) is 18.2. The maximum Gasteiger partial charge on any atom is 0.271 e. The molecule has 0 aromatic carbocycles. The molecule has 1 amide bonds. The molecule has 112 valence electrons. The molecule has 21 heavy (non-hydrogen) atoms. The van der Waals surface area contributed by atoms with E-state index in [-0.39, 0.29) is 11.9 Å². The van der Waals surface area contributed by atoms with Gasteiger partial charge >= 0.3 is 0 Å². The SMILES string of the molecule is CN(C)c1noc(C2CCCN2C(=O)c2cccn2C)n1. The fraction of sp³-hybridized carbons (Fsp3) is 0.500. The molecule has 1 unspecified atom stereocenters.